The van der Waals surface area contributed by atoms with Crippen LogP contribution >= 0.6 is 0 Å². The molecule has 0 saturated heterocycles. The molecule has 0 radical (unpaired) electrons. The minimum absolute atomic E-state index is 0.0417. The van der Waals surface area contributed by atoms with Crippen molar-refractivity contribution < 1.29 is 17.5 Å². The lowest BCUT2D eigenvalue weighted by Crippen LogP contribution is -2.29. The Hall–Kier alpha value is -1.40. The first-order chi connectivity index (χ1) is 11.4. The number of allylic oxidation sites excluding steroid dienone is 2. The third kappa shape index (κ3) is 6.24. The van der Waals surface area contributed by atoms with Gasteiger partial charge in [0, 0.05) is 6.04 Å². The molecule has 24 heavy (non-hydrogen) atoms. The zero-order valence-electron chi connectivity index (χ0n) is 14.3. The van der Waals surface area contributed by atoms with Gasteiger partial charge in [-0.05, 0) is 56.2 Å². The normalized spacial score (nSPS) is 16.5. The average molecular weight is 355 g/mol. The van der Waals surface area contributed by atoms with Crippen molar-refractivity contribution in [2.24, 2.45) is 5.92 Å². The van der Waals surface area contributed by atoms with Crippen molar-refractivity contribution in [2.75, 3.05) is 12.4 Å². The van der Waals surface area contributed by atoms with Gasteiger partial charge in [-0.2, -0.15) is 0 Å². The lowest BCUT2D eigenvalue weighted by Gasteiger charge is -2.16. The van der Waals surface area contributed by atoms with E-state index in [0.717, 1.165) is 19.3 Å². The lowest BCUT2D eigenvalue weighted by atomic mass is 10.1. The summed E-state index contributed by atoms with van der Waals surface area (Å²) >= 11 is 0. The van der Waals surface area contributed by atoms with Crippen LogP contribution in [-0.2, 0) is 10.0 Å². The Labute approximate surface area is 144 Å². The third-order valence-corrected chi connectivity index (χ3v) is 5.42. The van der Waals surface area contributed by atoms with Gasteiger partial charge in [-0.15, -0.1) is 0 Å². The van der Waals surface area contributed by atoms with Crippen molar-refractivity contribution in [1.29, 1.82) is 0 Å². The Morgan fingerprint density at radius 1 is 1.38 bits per heavy atom. The molecule has 4 nitrogen and oxygen atoms in total. The summed E-state index contributed by atoms with van der Waals surface area (Å²) in [5.74, 6) is 0.343. The average Bonchev–Trinajstić information content (AvgIpc) is 3.34. The molecule has 6 heteroatoms. The summed E-state index contributed by atoms with van der Waals surface area (Å²) in [6.45, 7) is 4.27. The minimum atomic E-state index is -3.38. The molecule has 0 amide bonds. The predicted octanol–water partition coefficient (Wildman–Crippen LogP) is 3.95. The summed E-state index contributed by atoms with van der Waals surface area (Å²) in [5.41, 5.74) is 0.690. The van der Waals surface area contributed by atoms with E-state index in [2.05, 4.69) is 4.72 Å². The van der Waals surface area contributed by atoms with Crippen LogP contribution in [0.2, 0.25) is 0 Å². The monoisotopic (exact) mass is 355 g/mol. The highest BCUT2D eigenvalue weighted by atomic mass is 32.2. The second-order valence-electron chi connectivity index (χ2n) is 6.27. The van der Waals surface area contributed by atoms with Crippen molar-refractivity contribution in [2.45, 2.75) is 45.6 Å². The second kappa shape index (κ2) is 8.62. The molecule has 1 fully saturated rings. The smallest absolute Gasteiger partial charge is 0.212 e. The first-order valence-corrected chi connectivity index (χ1v) is 10.1. The van der Waals surface area contributed by atoms with Crippen LogP contribution < -0.4 is 9.46 Å². The molecule has 1 atom stereocenters. The van der Waals surface area contributed by atoms with Crippen molar-refractivity contribution in [3.05, 3.63) is 41.7 Å². The molecular formula is C18H26FNO3S. The number of sulfonamides is 1. The summed E-state index contributed by atoms with van der Waals surface area (Å²) < 4.78 is 46.2. The minimum Gasteiger partial charge on any atom is -0.490 e. The van der Waals surface area contributed by atoms with E-state index in [4.69, 9.17) is 4.74 Å². The maximum Gasteiger partial charge on any atom is 0.212 e. The molecule has 134 valence electrons. The number of rotatable bonds is 10. The lowest BCUT2D eigenvalue weighted by molar-refractivity contribution is 0.285. The van der Waals surface area contributed by atoms with Gasteiger partial charge in [0.05, 0.1) is 12.4 Å². The molecule has 1 aliphatic carbocycles. The van der Waals surface area contributed by atoms with Crippen molar-refractivity contribution >= 4 is 10.0 Å². The zero-order valence-corrected chi connectivity index (χ0v) is 15.1. The van der Waals surface area contributed by atoms with Crippen LogP contribution in [0.15, 0.2) is 30.4 Å². The summed E-state index contributed by atoms with van der Waals surface area (Å²) in [7, 11) is -3.38. The van der Waals surface area contributed by atoms with E-state index in [1.165, 1.54) is 6.07 Å². The molecule has 0 aliphatic heterocycles. The Balaban J connectivity index is 1.96. The van der Waals surface area contributed by atoms with Crippen LogP contribution in [0.3, 0.4) is 0 Å². The molecule has 1 aliphatic rings. The number of nitrogens with one attached hydrogen (secondary N) is 1. The SMILES string of the molecule is CC/C=C/CCS(=O)(=O)N[C@H](C)c1ccc(F)c(OCC2CC2)c1. The largest absolute Gasteiger partial charge is 0.490 e. The topological polar surface area (TPSA) is 55.4 Å². The first-order valence-electron chi connectivity index (χ1n) is 8.48. The van der Waals surface area contributed by atoms with Crippen LogP contribution in [0.25, 0.3) is 0 Å². The molecule has 0 aromatic heterocycles. The molecule has 0 heterocycles. The molecular weight excluding hydrogens is 329 g/mol. The first kappa shape index (κ1) is 18.9. The summed E-state index contributed by atoms with van der Waals surface area (Å²) in [4.78, 5) is 0. The fraction of sp³-hybridized carbons (Fsp3) is 0.556. The second-order valence-corrected chi connectivity index (χ2v) is 8.14. The standard InChI is InChI=1S/C18H26FNO3S/c1-3-4-5-6-11-24(21,22)20-14(2)16-9-10-17(19)18(12-16)23-13-15-7-8-15/h4-5,9-10,12,14-15,20H,3,6-8,11,13H2,1-2H3/b5-4+/t14-/m1/s1. The highest BCUT2D eigenvalue weighted by molar-refractivity contribution is 7.89. The maximum atomic E-state index is 13.8. The Bertz CT molecular complexity index is 669. The number of hydrogen-bond donors (Lipinski definition) is 1. The van der Waals surface area contributed by atoms with Crippen LogP contribution in [-0.4, -0.2) is 20.8 Å². The molecule has 0 bridgehead atoms. The molecule has 1 N–H and O–H groups in total. The molecule has 0 unspecified atom stereocenters. The van der Waals surface area contributed by atoms with Gasteiger partial charge in [-0.3, -0.25) is 0 Å². The summed E-state index contributed by atoms with van der Waals surface area (Å²) in [5, 5.41) is 0. The fourth-order valence-corrected chi connectivity index (χ4v) is 3.54. The van der Waals surface area contributed by atoms with Gasteiger partial charge in [-0.1, -0.05) is 25.1 Å². The molecule has 1 saturated carbocycles. The number of ether oxygens (including phenoxy) is 1. The predicted molar refractivity (Wildman–Crippen MR) is 94.0 cm³/mol. The van der Waals surface area contributed by atoms with Gasteiger partial charge >= 0.3 is 0 Å². The fourth-order valence-electron chi connectivity index (χ4n) is 2.30. The van der Waals surface area contributed by atoms with Gasteiger partial charge in [0.15, 0.2) is 11.6 Å². The van der Waals surface area contributed by atoms with Gasteiger partial charge in [0.2, 0.25) is 10.0 Å². The highest BCUT2D eigenvalue weighted by Gasteiger charge is 2.23. The van der Waals surface area contributed by atoms with Crippen molar-refractivity contribution in [3.8, 4) is 5.75 Å². The van der Waals surface area contributed by atoms with E-state index in [0.29, 0.717) is 24.5 Å². The van der Waals surface area contributed by atoms with E-state index in [9.17, 15) is 12.8 Å². The van der Waals surface area contributed by atoms with Gasteiger partial charge in [-0.25, -0.2) is 17.5 Å². The van der Waals surface area contributed by atoms with Gasteiger partial charge in [0.1, 0.15) is 0 Å². The molecule has 1 aromatic carbocycles. The van der Waals surface area contributed by atoms with E-state index < -0.39 is 21.9 Å². The third-order valence-electron chi connectivity index (χ3n) is 3.94. The summed E-state index contributed by atoms with van der Waals surface area (Å²) in [6, 6.07) is 4.06. The molecule has 0 spiro atoms. The Morgan fingerprint density at radius 2 is 2.12 bits per heavy atom. The highest BCUT2D eigenvalue weighted by Crippen LogP contribution is 2.31. The van der Waals surface area contributed by atoms with Crippen molar-refractivity contribution in [3.63, 3.8) is 0 Å². The summed E-state index contributed by atoms with van der Waals surface area (Å²) in [6.07, 6.45) is 7.44. The van der Waals surface area contributed by atoms with Crippen LogP contribution in [0.4, 0.5) is 4.39 Å². The Kier molecular flexibility index (Phi) is 6.80. The molecule has 2 rings (SSSR count). The van der Waals surface area contributed by atoms with E-state index in [-0.39, 0.29) is 11.5 Å². The van der Waals surface area contributed by atoms with Gasteiger partial charge < -0.3 is 4.74 Å². The number of benzene rings is 1. The number of hydrogen-bond acceptors (Lipinski definition) is 3. The zero-order chi connectivity index (χ0) is 17.6. The van der Waals surface area contributed by atoms with E-state index >= 15 is 0 Å². The van der Waals surface area contributed by atoms with Crippen molar-refractivity contribution in [1.82, 2.24) is 4.72 Å². The number of halogens is 1. The molecule has 1 aromatic rings. The quantitative estimate of drug-likeness (QED) is 0.647. The van der Waals surface area contributed by atoms with Crippen LogP contribution in [0, 0.1) is 11.7 Å². The van der Waals surface area contributed by atoms with E-state index in [1.807, 2.05) is 19.1 Å². The maximum absolute atomic E-state index is 13.8. The van der Waals surface area contributed by atoms with Gasteiger partial charge in [0.25, 0.3) is 0 Å². The van der Waals surface area contributed by atoms with Crippen LogP contribution in [0.5, 0.6) is 5.75 Å². The van der Waals surface area contributed by atoms with Crippen LogP contribution in [0.1, 0.15) is 51.1 Å². The van der Waals surface area contributed by atoms with E-state index in [1.54, 1.807) is 19.1 Å². The Morgan fingerprint density at radius 3 is 2.79 bits per heavy atom.